The summed E-state index contributed by atoms with van der Waals surface area (Å²) >= 11 is 0. The second kappa shape index (κ2) is 3.74. The lowest BCUT2D eigenvalue weighted by molar-refractivity contribution is 0.413. The monoisotopic (exact) mass is 173 g/mol. The molecule has 1 nitrogen and oxygen atoms in total. The lowest BCUT2D eigenvalue weighted by atomic mass is 10.3. The number of rotatable bonds is 2. The molecule has 3 heteroatoms. The van der Waals surface area contributed by atoms with Crippen molar-refractivity contribution in [2.75, 3.05) is 7.11 Å². The normalized spacial score (nSPS) is 9.40. The number of hydrogen-bond acceptors (Lipinski definition) is 2. The molecule has 1 aromatic rings. The fraction of sp³-hybridized carbons (Fsp3) is 0.143. The molecule has 1 rings (SSSR count). The lowest BCUT2D eigenvalue weighted by Crippen LogP contribution is -1.81. The molecule has 53 valence electrons. The van der Waals surface area contributed by atoms with Crippen molar-refractivity contribution in [3.05, 3.63) is 24.3 Å². The minimum atomic E-state index is 0.714. The molecule has 0 unspecified atom stereocenters. The molecule has 0 amide bonds. The van der Waals surface area contributed by atoms with Gasteiger partial charge in [-0.05, 0) is 39.9 Å². The van der Waals surface area contributed by atoms with E-state index in [1.165, 1.54) is 11.0 Å². The first kappa shape index (κ1) is 7.76. The molecule has 0 aromatic heterocycles. The minimum absolute atomic E-state index is 0.714. The molecule has 0 aliphatic rings. The van der Waals surface area contributed by atoms with Crippen molar-refractivity contribution in [3.63, 3.8) is 0 Å². The minimum Gasteiger partial charge on any atom is -0.496 e. The van der Waals surface area contributed by atoms with E-state index in [9.17, 15) is 0 Å². The van der Waals surface area contributed by atoms with Crippen LogP contribution in [0.2, 0.25) is 0 Å². The topological polar surface area (TPSA) is 9.23 Å². The molecule has 0 fully saturated rings. The summed E-state index contributed by atoms with van der Waals surface area (Å²) in [6, 6.07) is 8.39. The van der Waals surface area contributed by atoms with Crippen molar-refractivity contribution in [2.24, 2.45) is 0 Å². The highest BCUT2D eigenvalue weighted by Crippen LogP contribution is 2.24. The number of halogens is 1. The highest BCUT2D eigenvalue weighted by molar-refractivity contribution is 8.21. The van der Waals surface area contributed by atoms with Gasteiger partial charge in [0.15, 0.2) is 0 Å². The molecule has 1 aromatic carbocycles. The van der Waals surface area contributed by atoms with Crippen molar-refractivity contribution in [2.45, 2.75) is 4.90 Å². The second-order valence-electron chi connectivity index (χ2n) is 1.67. The molecule has 0 heterocycles. The maximum atomic E-state index is 5.50. The van der Waals surface area contributed by atoms with Crippen LogP contribution in [-0.2, 0) is 0 Å². The third-order valence-electron chi connectivity index (χ3n) is 1.06. The van der Waals surface area contributed by atoms with Gasteiger partial charge in [0.25, 0.3) is 0 Å². The third-order valence-corrected chi connectivity index (χ3v) is 2.02. The van der Waals surface area contributed by atoms with Crippen molar-refractivity contribution >= 4 is 21.7 Å². The Morgan fingerprint density at radius 2 is 2.50 bits per heavy atom. The average Bonchev–Trinajstić information content (AvgIpc) is 2.05. The SMILES string of the molecule is COc1[c]ccc(SCl)c1. The van der Waals surface area contributed by atoms with Gasteiger partial charge < -0.3 is 4.74 Å². The van der Waals surface area contributed by atoms with Crippen molar-refractivity contribution in [1.29, 1.82) is 0 Å². The van der Waals surface area contributed by atoms with Crippen LogP contribution >= 0.6 is 21.7 Å². The van der Waals surface area contributed by atoms with Crippen LogP contribution < -0.4 is 4.74 Å². The summed E-state index contributed by atoms with van der Waals surface area (Å²) in [5.74, 6) is 0.714. The molecule has 1 radical (unpaired) electrons. The number of ether oxygens (including phenoxy) is 1. The lowest BCUT2D eigenvalue weighted by Gasteiger charge is -1.98. The van der Waals surface area contributed by atoms with Crippen molar-refractivity contribution in [3.8, 4) is 5.75 Å². The van der Waals surface area contributed by atoms with E-state index in [0.29, 0.717) is 5.75 Å². The van der Waals surface area contributed by atoms with Gasteiger partial charge in [-0.2, -0.15) is 0 Å². The van der Waals surface area contributed by atoms with Crippen LogP contribution in [0.4, 0.5) is 0 Å². The highest BCUT2D eigenvalue weighted by atomic mass is 35.7. The van der Waals surface area contributed by atoms with Gasteiger partial charge >= 0.3 is 0 Å². The molecule has 0 bridgehead atoms. The Kier molecular flexibility index (Phi) is 2.90. The van der Waals surface area contributed by atoms with E-state index in [4.69, 9.17) is 15.4 Å². The number of methoxy groups -OCH3 is 1. The highest BCUT2D eigenvalue weighted by Gasteiger charge is 1.93. The first-order valence-corrected chi connectivity index (χ1v) is 4.35. The van der Waals surface area contributed by atoms with E-state index in [0.717, 1.165) is 4.90 Å². The van der Waals surface area contributed by atoms with E-state index in [1.807, 2.05) is 12.1 Å². The molecule has 0 aliphatic carbocycles. The summed E-state index contributed by atoms with van der Waals surface area (Å²) < 4.78 is 4.93. The van der Waals surface area contributed by atoms with Crippen molar-refractivity contribution in [1.82, 2.24) is 0 Å². The van der Waals surface area contributed by atoms with Crippen LogP contribution in [0.1, 0.15) is 0 Å². The largest absolute Gasteiger partial charge is 0.496 e. The zero-order valence-electron chi connectivity index (χ0n) is 5.43. The van der Waals surface area contributed by atoms with E-state index >= 15 is 0 Å². The molecule has 0 saturated heterocycles. The maximum Gasteiger partial charge on any atom is 0.127 e. The van der Waals surface area contributed by atoms with Gasteiger partial charge in [-0.15, -0.1) is 0 Å². The molecular weight excluding hydrogens is 168 g/mol. The fourth-order valence-electron chi connectivity index (χ4n) is 0.591. The second-order valence-corrected chi connectivity index (χ2v) is 2.76. The molecule has 0 saturated carbocycles. The predicted octanol–water partition coefficient (Wildman–Crippen LogP) is 2.74. The standard InChI is InChI=1S/C7H6ClOS/c1-9-6-3-2-4-7(5-6)10-8/h2,4-5H,1H3. The quantitative estimate of drug-likeness (QED) is 0.680. The summed E-state index contributed by atoms with van der Waals surface area (Å²) in [6.45, 7) is 0. The van der Waals surface area contributed by atoms with Crippen LogP contribution in [0.25, 0.3) is 0 Å². The molecule has 0 aliphatic heterocycles. The summed E-state index contributed by atoms with van der Waals surface area (Å²) in [5.41, 5.74) is 0. The Morgan fingerprint density at radius 1 is 1.70 bits per heavy atom. The van der Waals surface area contributed by atoms with Gasteiger partial charge in [0.1, 0.15) is 5.75 Å². The maximum absolute atomic E-state index is 5.50. The molecule has 0 N–H and O–H groups in total. The Bertz CT molecular complexity index is 195. The predicted molar refractivity (Wildman–Crippen MR) is 43.5 cm³/mol. The zero-order valence-corrected chi connectivity index (χ0v) is 7.00. The summed E-state index contributed by atoms with van der Waals surface area (Å²) in [5, 5.41) is 0. The van der Waals surface area contributed by atoms with E-state index in [-0.39, 0.29) is 0 Å². The third kappa shape index (κ3) is 1.82. The molecule has 0 atom stereocenters. The van der Waals surface area contributed by atoms with Gasteiger partial charge in [0, 0.05) is 11.0 Å². The molecular formula is C7H6ClOS. The zero-order chi connectivity index (χ0) is 7.40. The smallest absolute Gasteiger partial charge is 0.127 e. The Morgan fingerprint density at radius 3 is 3.10 bits per heavy atom. The summed E-state index contributed by atoms with van der Waals surface area (Å²) in [4.78, 5) is 0.970. The van der Waals surface area contributed by atoms with Crippen LogP contribution in [0, 0.1) is 6.07 Å². The summed E-state index contributed by atoms with van der Waals surface area (Å²) in [6.07, 6.45) is 0. The van der Waals surface area contributed by atoms with Gasteiger partial charge in [-0.3, -0.25) is 0 Å². The van der Waals surface area contributed by atoms with E-state index in [1.54, 1.807) is 13.2 Å². The van der Waals surface area contributed by atoms with Gasteiger partial charge in [0.05, 0.1) is 7.11 Å². The van der Waals surface area contributed by atoms with Gasteiger partial charge in [0.2, 0.25) is 0 Å². The number of hydrogen-bond donors (Lipinski definition) is 0. The Labute approximate surface area is 68.8 Å². The molecule has 0 spiro atoms. The first-order chi connectivity index (χ1) is 4.86. The van der Waals surface area contributed by atoms with Crippen LogP contribution in [-0.4, -0.2) is 7.11 Å². The Hall–Kier alpha value is -0.340. The number of benzene rings is 1. The fourth-order valence-corrected chi connectivity index (χ4v) is 1.15. The van der Waals surface area contributed by atoms with Crippen LogP contribution in [0.3, 0.4) is 0 Å². The van der Waals surface area contributed by atoms with Crippen LogP contribution in [0.15, 0.2) is 23.1 Å². The Balaban J connectivity index is 2.87. The van der Waals surface area contributed by atoms with E-state index < -0.39 is 0 Å². The van der Waals surface area contributed by atoms with Gasteiger partial charge in [-0.1, -0.05) is 0 Å². The van der Waals surface area contributed by atoms with E-state index in [2.05, 4.69) is 6.07 Å². The first-order valence-electron chi connectivity index (χ1n) is 2.71. The summed E-state index contributed by atoms with van der Waals surface area (Å²) in [7, 11) is 8.28. The van der Waals surface area contributed by atoms with Gasteiger partial charge in [-0.25, -0.2) is 0 Å². The average molecular weight is 174 g/mol. The van der Waals surface area contributed by atoms with Crippen LogP contribution in [0.5, 0.6) is 5.75 Å². The van der Waals surface area contributed by atoms with Crippen molar-refractivity contribution < 1.29 is 4.74 Å². The molecule has 10 heavy (non-hydrogen) atoms.